The lowest BCUT2D eigenvalue weighted by molar-refractivity contribution is 0.220. The van der Waals surface area contributed by atoms with Crippen molar-refractivity contribution in [1.29, 1.82) is 0 Å². The van der Waals surface area contributed by atoms with Crippen LogP contribution in [0.4, 0.5) is 4.39 Å². The van der Waals surface area contributed by atoms with Gasteiger partial charge in [0.05, 0.1) is 23.6 Å². The number of rotatable bonds is 5. The van der Waals surface area contributed by atoms with Crippen molar-refractivity contribution in [2.24, 2.45) is 0 Å². The smallest absolute Gasteiger partial charge is 0.159 e. The Labute approximate surface area is 211 Å². The molecule has 0 atom stereocenters. The predicted molar refractivity (Wildman–Crippen MR) is 139 cm³/mol. The summed E-state index contributed by atoms with van der Waals surface area (Å²) < 4.78 is 20.5. The van der Waals surface area contributed by atoms with Crippen molar-refractivity contribution in [1.82, 2.24) is 35.0 Å². The molecular weight excluding hydrogens is 469 g/mol. The lowest BCUT2D eigenvalue weighted by Crippen LogP contribution is -2.29. The first kappa shape index (κ1) is 21.9. The summed E-state index contributed by atoms with van der Waals surface area (Å²) in [6.45, 7) is 3.02. The van der Waals surface area contributed by atoms with Crippen molar-refractivity contribution < 1.29 is 8.81 Å². The third kappa shape index (κ3) is 3.97. The van der Waals surface area contributed by atoms with Gasteiger partial charge in [0.1, 0.15) is 22.7 Å². The fourth-order valence-electron chi connectivity index (χ4n) is 5.19. The molecule has 1 saturated heterocycles. The molecule has 0 amide bonds. The highest BCUT2D eigenvalue weighted by Gasteiger charge is 2.19. The highest BCUT2D eigenvalue weighted by molar-refractivity contribution is 5.97. The van der Waals surface area contributed by atoms with Gasteiger partial charge in [-0.25, -0.2) is 9.37 Å². The van der Waals surface area contributed by atoms with E-state index in [0.717, 1.165) is 52.9 Å². The Kier molecular flexibility index (Phi) is 5.28. The number of fused-ring (bicyclic) bond motifs is 2. The van der Waals surface area contributed by atoms with Crippen LogP contribution in [-0.4, -0.2) is 48.1 Å². The van der Waals surface area contributed by atoms with Gasteiger partial charge in [-0.3, -0.25) is 20.0 Å². The van der Waals surface area contributed by atoms with E-state index >= 15 is 4.39 Å². The minimum atomic E-state index is -0.323. The van der Waals surface area contributed by atoms with E-state index in [1.165, 1.54) is 25.3 Å². The molecular formula is C28H24FN7O. The molecule has 0 bridgehead atoms. The number of hydrogen-bond donors (Lipinski definition) is 2. The number of piperidine rings is 1. The van der Waals surface area contributed by atoms with E-state index in [1.807, 2.05) is 30.5 Å². The molecule has 2 N–H and O–H groups in total. The number of halogens is 1. The first-order chi connectivity index (χ1) is 18.2. The highest BCUT2D eigenvalue weighted by Crippen LogP contribution is 2.34. The van der Waals surface area contributed by atoms with E-state index in [2.05, 4.69) is 30.0 Å². The Morgan fingerprint density at radius 1 is 0.973 bits per heavy atom. The van der Waals surface area contributed by atoms with Crippen molar-refractivity contribution >= 4 is 21.9 Å². The average Bonchev–Trinajstić information content (AvgIpc) is 3.68. The topological polar surface area (TPSA) is 99.5 Å². The number of likely N-dealkylation sites (tertiary alicyclic amines) is 1. The second-order valence-electron chi connectivity index (χ2n) is 9.52. The van der Waals surface area contributed by atoms with Gasteiger partial charge in [0.15, 0.2) is 5.82 Å². The molecule has 0 aliphatic carbocycles. The SMILES string of the molecule is Fc1cc2[nH]nc(-c3nc4c(-c5ccoc5)nccc4[nH]3)c2cc1-c1cncc(CN2CCCCC2)c1. The van der Waals surface area contributed by atoms with E-state index in [1.54, 1.807) is 24.9 Å². The summed E-state index contributed by atoms with van der Waals surface area (Å²) in [7, 11) is 0. The maximum atomic E-state index is 15.3. The first-order valence-corrected chi connectivity index (χ1v) is 12.4. The molecule has 37 heavy (non-hydrogen) atoms. The number of nitrogens with zero attached hydrogens (tertiary/aromatic N) is 5. The lowest BCUT2D eigenvalue weighted by atomic mass is 10.0. The van der Waals surface area contributed by atoms with Crippen LogP contribution in [0, 0.1) is 5.82 Å². The molecule has 0 radical (unpaired) electrons. The van der Waals surface area contributed by atoms with Crippen LogP contribution >= 0.6 is 0 Å². The quantitative estimate of drug-likeness (QED) is 0.308. The number of nitrogens with one attached hydrogen (secondary N) is 2. The van der Waals surface area contributed by atoms with E-state index in [9.17, 15) is 0 Å². The van der Waals surface area contributed by atoms with Gasteiger partial charge < -0.3 is 9.40 Å². The summed E-state index contributed by atoms with van der Waals surface area (Å²) in [5.41, 5.74) is 6.64. The second kappa shape index (κ2) is 8.94. The number of hydrogen-bond acceptors (Lipinski definition) is 6. The van der Waals surface area contributed by atoms with Crippen LogP contribution < -0.4 is 0 Å². The van der Waals surface area contributed by atoms with Crippen molar-refractivity contribution in [3.63, 3.8) is 0 Å². The Morgan fingerprint density at radius 2 is 1.89 bits per heavy atom. The molecule has 1 aliphatic rings. The normalized spacial score (nSPS) is 14.6. The summed E-state index contributed by atoms with van der Waals surface area (Å²) in [4.78, 5) is 19.5. The number of aromatic amines is 2. The zero-order valence-corrected chi connectivity index (χ0v) is 20.0. The van der Waals surface area contributed by atoms with Crippen molar-refractivity contribution in [2.45, 2.75) is 25.8 Å². The van der Waals surface area contributed by atoms with Gasteiger partial charge in [-0.1, -0.05) is 6.42 Å². The third-order valence-corrected chi connectivity index (χ3v) is 7.03. The molecule has 8 nitrogen and oxygen atoms in total. The van der Waals surface area contributed by atoms with Gasteiger partial charge in [-0.2, -0.15) is 5.10 Å². The molecule has 9 heteroatoms. The zero-order chi connectivity index (χ0) is 24.8. The minimum absolute atomic E-state index is 0.323. The van der Waals surface area contributed by atoms with E-state index < -0.39 is 0 Å². The summed E-state index contributed by atoms with van der Waals surface area (Å²) >= 11 is 0. The summed E-state index contributed by atoms with van der Waals surface area (Å²) in [5.74, 6) is 0.254. The molecule has 6 aromatic rings. The van der Waals surface area contributed by atoms with Gasteiger partial charge in [0, 0.05) is 53.3 Å². The van der Waals surface area contributed by atoms with Gasteiger partial charge in [0.25, 0.3) is 0 Å². The van der Waals surface area contributed by atoms with Crippen LogP contribution in [-0.2, 0) is 6.54 Å². The molecule has 1 aromatic carbocycles. The standard InChI is InChI=1S/C28H24FN7O/c29-22-12-24-21(11-20(22)19-10-17(13-30-14-19)15-36-7-2-1-3-8-36)26(35-34-24)28-32-23-4-6-31-25(27(23)33-28)18-5-9-37-16-18/h4-6,9-14,16H,1-3,7-8,15H2,(H,32,33)(H,34,35). The largest absolute Gasteiger partial charge is 0.472 e. The number of pyridine rings is 2. The van der Waals surface area contributed by atoms with Crippen LogP contribution in [0.1, 0.15) is 24.8 Å². The maximum absolute atomic E-state index is 15.3. The number of benzene rings is 1. The molecule has 6 heterocycles. The summed E-state index contributed by atoms with van der Waals surface area (Å²) in [6, 6.07) is 9.07. The van der Waals surface area contributed by atoms with Crippen molar-refractivity contribution in [3.8, 4) is 33.9 Å². The minimum Gasteiger partial charge on any atom is -0.472 e. The maximum Gasteiger partial charge on any atom is 0.159 e. The van der Waals surface area contributed by atoms with E-state index in [4.69, 9.17) is 9.40 Å². The van der Waals surface area contributed by atoms with Crippen LogP contribution in [0.15, 0.2) is 65.9 Å². The Hall–Kier alpha value is -4.37. The molecule has 184 valence electrons. The average molecular weight is 494 g/mol. The number of imidazole rings is 1. The molecule has 0 unspecified atom stereocenters. The molecule has 0 saturated carbocycles. The van der Waals surface area contributed by atoms with Gasteiger partial charge in [0.2, 0.25) is 0 Å². The second-order valence-corrected chi connectivity index (χ2v) is 9.52. The molecule has 5 aromatic heterocycles. The number of furan rings is 1. The monoisotopic (exact) mass is 493 g/mol. The summed E-state index contributed by atoms with van der Waals surface area (Å²) in [5, 5.41) is 8.21. The van der Waals surface area contributed by atoms with Crippen LogP contribution in [0.5, 0.6) is 0 Å². The van der Waals surface area contributed by atoms with Crippen LogP contribution in [0.25, 0.3) is 55.8 Å². The van der Waals surface area contributed by atoms with Gasteiger partial charge in [-0.05, 0) is 55.8 Å². The molecule has 7 rings (SSSR count). The molecule has 0 spiro atoms. The lowest BCUT2D eigenvalue weighted by Gasteiger charge is -2.26. The van der Waals surface area contributed by atoms with Gasteiger partial charge in [-0.15, -0.1) is 0 Å². The van der Waals surface area contributed by atoms with Crippen LogP contribution in [0.3, 0.4) is 0 Å². The Bertz CT molecular complexity index is 1710. The van der Waals surface area contributed by atoms with Crippen molar-refractivity contribution in [3.05, 3.63) is 72.8 Å². The first-order valence-electron chi connectivity index (χ1n) is 12.4. The Balaban J connectivity index is 1.29. The fourth-order valence-corrected chi connectivity index (χ4v) is 5.19. The van der Waals surface area contributed by atoms with E-state index in [0.29, 0.717) is 28.1 Å². The highest BCUT2D eigenvalue weighted by atomic mass is 19.1. The van der Waals surface area contributed by atoms with Crippen molar-refractivity contribution in [2.75, 3.05) is 13.1 Å². The zero-order valence-electron chi connectivity index (χ0n) is 20.0. The van der Waals surface area contributed by atoms with Gasteiger partial charge >= 0.3 is 0 Å². The van der Waals surface area contributed by atoms with E-state index in [-0.39, 0.29) is 5.82 Å². The number of H-pyrrole nitrogens is 2. The predicted octanol–water partition coefficient (Wildman–Crippen LogP) is 5.95. The van der Waals surface area contributed by atoms with Crippen LogP contribution in [0.2, 0.25) is 0 Å². The Morgan fingerprint density at radius 3 is 2.76 bits per heavy atom. The summed E-state index contributed by atoms with van der Waals surface area (Å²) in [6.07, 6.45) is 12.3. The number of aromatic nitrogens is 6. The fraction of sp³-hybridized carbons (Fsp3) is 0.214. The molecule has 1 fully saturated rings. The third-order valence-electron chi connectivity index (χ3n) is 7.03. The molecule has 1 aliphatic heterocycles.